The van der Waals surface area contributed by atoms with E-state index in [2.05, 4.69) is 4.99 Å². The van der Waals surface area contributed by atoms with Gasteiger partial charge in [0.05, 0.1) is 6.10 Å². The second kappa shape index (κ2) is 5.51. The van der Waals surface area contributed by atoms with E-state index < -0.39 is 0 Å². The molecule has 0 saturated carbocycles. The molecule has 3 nitrogen and oxygen atoms in total. The fourth-order valence-corrected chi connectivity index (χ4v) is 1.36. The van der Waals surface area contributed by atoms with Gasteiger partial charge in [0.15, 0.2) is 0 Å². The van der Waals surface area contributed by atoms with Gasteiger partial charge in [0.2, 0.25) is 0 Å². The number of rotatable bonds is 4. The smallest absolute Gasteiger partial charge is 0.124 e. The van der Waals surface area contributed by atoms with E-state index in [1.54, 1.807) is 31.3 Å². The number of benzene rings is 1. The quantitative estimate of drug-likeness (QED) is 0.742. The number of hydrogen-bond acceptors (Lipinski definition) is 3. The van der Waals surface area contributed by atoms with E-state index in [1.165, 1.54) is 0 Å². The monoisotopic (exact) mass is 207 g/mol. The predicted molar refractivity (Wildman–Crippen MR) is 61.5 cm³/mol. The lowest BCUT2D eigenvalue weighted by molar-refractivity contribution is 0.177. The van der Waals surface area contributed by atoms with Crippen LogP contribution in [0.3, 0.4) is 0 Å². The summed E-state index contributed by atoms with van der Waals surface area (Å²) in [5, 5.41) is 18.6. The lowest BCUT2D eigenvalue weighted by atomic mass is 10.1. The number of hydrogen-bond donors (Lipinski definition) is 2. The molecular formula is C12H17NO2. The predicted octanol–water partition coefficient (Wildman–Crippen LogP) is 1.97. The lowest BCUT2D eigenvalue weighted by Crippen LogP contribution is -2.09. The number of phenols is 1. The highest BCUT2D eigenvalue weighted by molar-refractivity contribution is 5.83. The molecule has 82 valence electrons. The van der Waals surface area contributed by atoms with Gasteiger partial charge in [-0.2, -0.15) is 0 Å². The van der Waals surface area contributed by atoms with Gasteiger partial charge in [-0.05, 0) is 32.4 Å². The van der Waals surface area contributed by atoms with Crippen molar-refractivity contribution in [3.05, 3.63) is 29.8 Å². The molecule has 0 aromatic heterocycles. The van der Waals surface area contributed by atoms with Gasteiger partial charge in [-0.3, -0.25) is 4.99 Å². The zero-order chi connectivity index (χ0) is 11.3. The maximum absolute atomic E-state index is 9.46. The van der Waals surface area contributed by atoms with Crippen LogP contribution in [0.25, 0.3) is 0 Å². The SMILES string of the molecule is CC(O)CC(C)N=Cc1ccccc1O. The molecule has 0 bridgehead atoms. The molecule has 2 unspecified atom stereocenters. The maximum atomic E-state index is 9.46. The zero-order valence-corrected chi connectivity index (χ0v) is 9.09. The van der Waals surface area contributed by atoms with Crippen molar-refractivity contribution in [1.29, 1.82) is 0 Å². The van der Waals surface area contributed by atoms with Gasteiger partial charge in [0.25, 0.3) is 0 Å². The Morgan fingerprint density at radius 3 is 2.60 bits per heavy atom. The number of phenolic OH excluding ortho intramolecular Hbond substituents is 1. The lowest BCUT2D eigenvalue weighted by Gasteiger charge is -2.07. The highest BCUT2D eigenvalue weighted by atomic mass is 16.3. The molecule has 0 spiro atoms. The molecule has 0 radical (unpaired) electrons. The van der Waals surface area contributed by atoms with Crippen molar-refractivity contribution >= 4 is 6.21 Å². The second-order valence-electron chi connectivity index (χ2n) is 3.77. The number of aliphatic imine (C=N–C) groups is 1. The van der Waals surface area contributed by atoms with Gasteiger partial charge in [-0.1, -0.05) is 12.1 Å². The van der Waals surface area contributed by atoms with Gasteiger partial charge < -0.3 is 10.2 Å². The van der Waals surface area contributed by atoms with Crippen molar-refractivity contribution in [3.8, 4) is 5.75 Å². The van der Waals surface area contributed by atoms with Crippen LogP contribution in [0.1, 0.15) is 25.8 Å². The third kappa shape index (κ3) is 4.13. The molecular weight excluding hydrogens is 190 g/mol. The Kier molecular flexibility index (Phi) is 4.31. The summed E-state index contributed by atoms with van der Waals surface area (Å²) in [5.41, 5.74) is 0.704. The third-order valence-corrected chi connectivity index (χ3v) is 2.09. The van der Waals surface area contributed by atoms with E-state index in [0.29, 0.717) is 12.0 Å². The minimum Gasteiger partial charge on any atom is -0.507 e. The van der Waals surface area contributed by atoms with E-state index in [-0.39, 0.29) is 17.9 Å². The van der Waals surface area contributed by atoms with Crippen LogP contribution >= 0.6 is 0 Å². The van der Waals surface area contributed by atoms with Gasteiger partial charge >= 0.3 is 0 Å². The molecule has 1 aromatic carbocycles. The first-order valence-corrected chi connectivity index (χ1v) is 5.09. The van der Waals surface area contributed by atoms with E-state index in [4.69, 9.17) is 5.11 Å². The van der Waals surface area contributed by atoms with Crippen LogP contribution in [-0.2, 0) is 0 Å². The highest BCUT2D eigenvalue weighted by Gasteiger charge is 2.03. The average molecular weight is 207 g/mol. The summed E-state index contributed by atoms with van der Waals surface area (Å²) in [6.07, 6.45) is 1.92. The standard InChI is InChI=1S/C12H17NO2/c1-9(7-10(2)14)13-8-11-5-3-4-6-12(11)15/h3-6,8-10,14-15H,7H2,1-2H3. The van der Waals surface area contributed by atoms with Crippen LogP contribution in [0.4, 0.5) is 0 Å². The summed E-state index contributed by atoms with van der Waals surface area (Å²) in [7, 11) is 0. The minimum absolute atomic E-state index is 0.0598. The molecule has 0 aliphatic rings. The topological polar surface area (TPSA) is 52.8 Å². The Labute approximate surface area is 90.1 Å². The summed E-state index contributed by atoms with van der Waals surface area (Å²) < 4.78 is 0. The van der Waals surface area contributed by atoms with Crippen LogP contribution in [0.2, 0.25) is 0 Å². The van der Waals surface area contributed by atoms with Crippen LogP contribution in [-0.4, -0.2) is 28.6 Å². The molecule has 3 heteroatoms. The van der Waals surface area contributed by atoms with Gasteiger partial charge in [0, 0.05) is 17.8 Å². The van der Waals surface area contributed by atoms with Gasteiger partial charge in [0.1, 0.15) is 5.75 Å². The molecule has 0 aliphatic carbocycles. The van der Waals surface area contributed by atoms with Crippen LogP contribution in [0, 0.1) is 0 Å². The van der Waals surface area contributed by atoms with Crippen molar-refractivity contribution in [2.75, 3.05) is 0 Å². The van der Waals surface area contributed by atoms with Crippen molar-refractivity contribution < 1.29 is 10.2 Å². The molecule has 0 amide bonds. The third-order valence-electron chi connectivity index (χ3n) is 2.09. The summed E-state index contributed by atoms with van der Waals surface area (Å²) in [5.74, 6) is 0.227. The normalized spacial score (nSPS) is 15.4. The van der Waals surface area contributed by atoms with E-state index in [0.717, 1.165) is 0 Å². The number of para-hydroxylation sites is 1. The average Bonchev–Trinajstić information content (AvgIpc) is 2.15. The Morgan fingerprint density at radius 2 is 2.00 bits per heavy atom. The zero-order valence-electron chi connectivity index (χ0n) is 9.09. The fourth-order valence-electron chi connectivity index (χ4n) is 1.36. The van der Waals surface area contributed by atoms with Gasteiger partial charge in [-0.15, -0.1) is 0 Å². The summed E-state index contributed by atoms with van der Waals surface area (Å²) >= 11 is 0. The largest absolute Gasteiger partial charge is 0.507 e. The maximum Gasteiger partial charge on any atom is 0.124 e. The molecule has 15 heavy (non-hydrogen) atoms. The highest BCUT2D eigenvalue weighted by Crippen LogP contribution is 2.13. The van der Waals surface area contributed by atoms with Crippen LogP contribution in [0.15, 0.2) is 29.3 Å². The Balaban J connectivity index is 2.61. The summed E-state index contributed by atoms with van der Waals surface area (Å²) in [6.45, 7) is 3.68. The van der Waals surface area contributed by atoms with Crippen molar-refractivity contribution in [2.45, 2.75) is 32.4 Å². The Bertz CT molecular complexity index is 334. The van der Waals surface area contributed by atoms with Crippen molar-refractivity contribution in [3.63, 3.8) is 0 Å². The molecule has 1 aromatic rings. The Morgan fingerprint density at radius 1 is 1.33 bits per heavy atom. The molecule has 0 saturated heterocycles. The van der Waals surface area contributed by atoms with E-state index >= 15 is 0 Å². The number of aliphatic hydroxyl groups excluding tert-OH is 1. The molecule has 0 heterocycles. The van der Waals surface area contributed by atoms with Crippen LogP contribution in [0.5, 0.6) is 5.75 Å². The number of aliphatic hydroxyl groups is 1. The van der Waals surface area contributed by atoms with E-state index in [1.807, 2.05) is 13.0 Å². The number of nitrogens with zero attached hydrogens (tertiary/aromatic N) is 1. The summed E-state index contributed by atoms with van der Waals surface area (Å²) in [4.78, 5) is 4.25. The van der Waals surface area contributed by atoms with Crippen molar-refractivity contribution in [1.82, 2.24) is 0 Å². The molecule has 0 aliphatic heterocycles. The molecule has 2 atom stereocenters. The first-order valence-electron chi connectivity index (χ1n) is 5.09. The summed E-state index contributed by atoms with van der Waals surface area (Å²) in [6, 6.07) is 7.10. The molecule has 2 N–H and O–H groups in total. The van der Waals surface area contributed by atoms with Crippen LogP contribution < -0.4 is 0 Å². The first kappa shape index (κ1) is 11.7. The fraction of sp³-hybridized carbons (Fsp3) is 0.417. The molecule has 1 rings (SSSR count). The minimum atomic E-state index is -0.346. The van der Waals surface area contributed by atoms with Crippen molar-refractivity contribution in [2.24, 2.45) is 4.99 Å². The second-order valence-corrected chi connectivity index (χ2v) is 3.77. The van der Waals surface area contributed by atoms with Gasteiger partial charge in [-0.25, -0.2) is 0 Å². The van der Waals surface area contributed by atoms with E-state index in [9.17, 15) is 5.11 Å². The first-order chi connectivity index (χ1) is 7.09. The Hall–Kier alpha value is -1.35. The molecule has 0 fully saturated rings. The number of aromatic hydroxyl groups is 1.